The Hall–Kier alpha value is -0.530. The first-order valence-corrected chi connectivity index (χ1v) is 6.90. The Labute approximate surface area is 105 Å². The van der Waals surface area contributed by atoms with Crippen molar-refractivity contribution in [3.63, 3.8) is 0 Å². The van der Waals surface area contributed by atoms with Gasteiger partial charge in [-0.1, -0.05) is 34.6 Å². The molecule has 1 aliphatic carbocycles. The molecule has 0 aromatic carbocycles. The van der Waals surface area contributed by atoms with E-state index in [4.69, 9.17) is 4.74 Å². The number of carbonyl (C=O) groups is 1. The Balaban J connectivity index is 2.23. The molecule has 1 saturated carbocycles. The van der Waals surface area contributed by atoms with E-state index in [0.29, 0.717) is 30.3 Å². The molecule has 4 atom stereocenters. The van der Waals surface area contributed by atoms with E-state index < -0.39 is 0 Å². The summed E-state index contributed by atoms with van der Waals surface area (Å²) in [5.74, 6) is 2.04. The Bertz CT molecular complexity index is 315. The van der Waals surface area contributed by atoms with Crippen LogP contribution in [0.25, 0.3) is 0 Å². The molecule has 0 radical (unpaired) electrons. The molecule has 4 unspecified atom stereocenters. The third-order valence-electron chi connectivity index (χ3n) is 5.18. The number of rotatable bonds is 1. The number of esters is 1. The Kier molecular flexibility index (Phi) is 3.04. The van der Waals surface area contributed by atoms with E-state index in [2.05, 4.69) is 34.6 Å². The first-order valence-electron chi connectivity index (χ1n) is 6.90. The monoisotopic (exact) mass is 238 g/mol. The highest BCUT2D eigenvalue weighted by atomic mass is 16.5. The van der Waals surface area contributed by atoms with Crippen molar-refractivity contribution in [2.75, 3.05) is 6.61 Å². The summed E-state index contributed by atoms with van der Waals surface area (Å²) in [4.78, 5) is 11.5. The molecule has 1 saturated heterocycles. The van der Waals surface area contributed by atoms with Crippen molar-refractivity contribution in [1.29, 1.82) is 0 Å². The van der Waals surface area contributed by atoms with Crippen LogP contribution < -0.4 is 0 Å². The molecule has 0 N–H and O–H groups in total. The Morgan fingerprint density at radius 2 is 2.06 bits per heavy atom. The van der Waals surface area contributed by atoms with Crippen LogP contribution in [-0.4, -0.2) is 12.6 Å². The number of hydrogen-bond donors (Lipinski definition) is 0. The van der Waals surface area contributed by atoms with Crippen LogP contribution in [0.5, 0.6) is 0 Å². The van der Waals surface area contributed by atoms with E-state index >= 15 is 0 Å². The molecule has 0 aromatic rings. The van der Waals surface area contributed by atoms with Crippen molar-refractivity contribution in [2.45, 2.75) is 53.9 Å². The first kappa shape index (κ1) is 12.9. The minimum absolute atomic E-state index is 0.0187. The molecule has 1 heterocycles. The zero-order valence-electron chi connectivity index (χ0n) is 11.9. The largest absolute Gasteiger partial charge is 0.465 e. The predicted octanol–water partition coefficient (Wildman–Crippen LogP) is 3.65. The average Bonchev–Trinajstić information content (AvgIpc) is 2.69. The van der Waals surface area contributed by atoms with E-state index in [9.17, 15) is 4.79 Å². The lowest BCUT2D eigenvalue weighted by molar-refractivity contribution is -0.137. The summed E-state index contributed by atoms with van der Waals surface area (Å²) < 4.78 is 5.29. The van der Waals surface area contributed by atoms with Crippen molar-refractivity contribution < 1.29 is 9.53 Å². The number of carbonyl (C=O) groups excluding carboxylic acids is 1. The van der Waals surface area contributed by atoms with Crippen molar-refractivity contribution >= 4 is 5.97 Å². The van der Waals surface area contributed by atoms with Crippen LogP contribution in [0.1, 0.15) is 53.9 Å². The maximum atomic E-state index is 11.5. The molecular weight excluding hydrogens is 212 g/mol. The molecule has 1 aliphatic heterocycles. The second-order valence-corrected chi connectivity index (χ2v) is 7.51. The average molecular weight is 238 g/mol. The van der Waals surface area contributed by atoms with Gasteiger partial charge < -0.3 is 4.74 Å². The van der Waals surface area contributed by atoms with Crippen molar-refractivity contribution in [1.82, 2.24) is 0 Å². The molecule has 0 amide bonds. The number of cyclic esters (lactones) is 1. The van der Waals surface area contributed by atoms with Gasteiger partial charge in [0.15, 0.2) is 0 Å². The fraction of sp³-hybridized carbons (Fsp3) is 0.933. The molecule has 2 nitrogen and oxygen atoms in total. The van der Waals surface area contributed by atoms with Gasteiger partial charge in [-0.3, -0.25) is 4.79 Å². The molecule has 0 aromatic heterocycles. The van der Waals surface area contributed by atoms with Gasteiger partial charge in [-0.05, 0) is 36.0 Å². The second-order valence-electron chi connectivity index (χ2n) is 7.51. The van der Waals surface area contributed by atoms with E-state index in [-0.39, 0.29) is 11.4 Å². The summed E-state index contributed by atoms with van der Waals surface area (Å²) in [6.07, 6.45) is 3.08. The van der Waals surface area contributed by atoms with Gasteiger partial charge in [0.1, 0.15) is 0 Å². The van der Waals surface area contributed by atoms with Gasteiger partial charge in [0.2, 0.25) is 0 Å². The van der Waals surface area contributed by atoms with Gasteiger partial charge in [0, 0.05) is 5.41 Å². The highest BCUT2D eigenvalue weighted by Gasteiger charge is 2.54. The standard InChI is InChI=1S/C15H26O2/c1-10-6-12(11(2)14(3,4)5)15(7-10)8-13(16)17-9-15/h10-12H,6-9H2,1-5H3. The summed E-state index contributed by atoms with van der Waals surface area (Å²) in [7, 11) is 0. The summed E-state index contributed by atoms with van der Waals surface area (Å²) >= 11 is 0. The molecule has 2 heteroatoms. The Morgan fingerprint density at radius 3 is 2.53 bits per heavy atom. The molecule has 17 heavy (non-hydrogen) atoms. The van der Waals surface area contributed by atoms with Gasteiger partial charge in [-0.25, -0.2) is 0 Å². The van der Waals surface area contributed by atoms with Gasteiger partial charge in [0.05, 0.1) is 13.0 Å². The quantitative estimate of drug-likeness (QED) is 0.652. The van der Waals surface area contributed by atoms with Crippen molar-refractivity contribution in [3.8, 4) is 0 Å². The van der Waals surface area contributed by atoms with E-state index in [1.807, 2.05) is 0 Å². The van der Waals surface area contributed by atoms with E-state index in [0.717, 1.165) is 5.92 Å². The maximum Gasteiger partial charge on any atom is 0.306 e. The fourth-order valence-corrected chi connectivity index (χ4v) is 3.93. The predicted molar refractivity (Wildman–Crippen MR) is 68.5 cm³/mol. The van der Waals surface area contributed by atoms with Gasteiger partial charge >= 0.3 is 5.97 Å². The number of hydrogen-bond acceptors (Lipinski definition) is 2. The van der Waals surface area contributed by atoms with Crippen LogP contribution >= 0.6 is 0 Å². The minimum Gasteiger partial charge on any atom is -0.465 e. The molecule has 0 bridgehead atoms. The molecule has 1 spiro atoms. The molecule has 2 fully saturated rings. The molecule has 98 valence electrons. The van der Waals surface area contributed by atoms with Crippen LogP contribution in [0.4, 0.5) is 0 Å². The molecular formula is C15H26O2. The van der Waals surface area contributed by atoms with Crippen molar-refractivity contribution in [2.24, 2.45) is 28.6 Å². The smallest absolute Gasteiger partial charge is 0.306 e. The van der Waals surface area contributed by atoms with Crippen LogP contribution in [0.2, 0.25) is 0 Å². The maximum absolute atomic E-state index is 11.5. The second kappa shape index (κ2) is 4.00. The lowest BCUT2D eigenvalue weighted by atomic mass is 9.64. The highest BCUT2D eigenvalue weighted by Crippen LogP contribution is 2.57. The topological polar surface area (TPSA) is 26.3 Å². The van der Waals surface area contributed by atoms with Crippen LogP contribution in [-0.2, 0) is 9.53 Å². The van der Waals surface area contributed by atoms with E-state index in [1.54, 1.807) is 0 Å². The molecule has 2 rings (SSSR count). The minimum atomic E-state index is 0.0187. The zero-order chi connectivity index (χ0) is 12.8. The normalized spacial score (nSPS) is 39.7. The zero-order valence-corrected chi connectivity index (χ0v) is 11.9. The summed E-state index contributed by atoms with van der Waals surface area (Å²) in [5.41, 5.74) is 0.469. The molecule has 2 aliphatic rings. The van der Waals surface area contributed by atoms with Crippen LogP contribution in [0.15, 0.2) is 0 Å². The van der Waals surface area contributed by atoms with Crippen LogP contribution in [0, 0.1) is 28.6 Å². The highest BCUT2D eigenvalue weighted by molar-refractivity contribution is 5.72. The third-order valence-corrected chi connectivity index (χ3v) is 5.18. The van der Waals surface area contributed by atoms with Gasteiger partial charge in [-0.15, -0.1) is 0 Å². The summed E-state index contributed by atoms with van der Waals surface area (Å²) in [5, 5.41) is 0. The lowest BCUT2D eigenvalue weighted by Gasteiger charge is -2.39. The summed E-state index contributed by atoms with van der Waals surface area (Å²) in [6, 6.07) is 0. The Morgan fingerprint density at radius 1 is 1.41 bits per heavy atom. The van der Waals surface area contributed by atoms with Gasteiger partial charge in [-0.2, -0.15) is 0 Å². The SMILES string of the molecule is CC1CC(C(C)C(C)(C)C)C2(COC(=O)C2)C1. The van der Waals surface area contributed by atoms with E-state index in [1.165, 1.54) is 12.8 Å². The summed E-state index contributed by atoms with van der Waals surface area (Å²) in [6.45, 7) is 12.3. The fourth-order valence-electron chi connectivity index (χ4n) is 3.93. The third kappa shape index (κ3) is 2.23. The number of ether oxygens (including phenoxy) is 1. The van der Waals surface area contributed by atoms with Crippen LogP contribution in [0.3, 0.4) is 0 Å². The lowest BCUT2D eigenvalue weighted by Crippen LogP contribution is -2.36. The van der Waals surface area contributed by atoms with Gasteiger partial charge in [0.25, 0.3) is 0 Å². The van der Waals surface area contributed by atoms with Crippen molar-refractivity contribution in [3.05, 3.63) is 0 Å². The first-order chi connectivity index (χ1) is 7.74.